The van der Waals surface area contributed by atoms with Crippen LogP contribution in [0, 0.1) is 6.92 Å². The Hall–Kier alpha value is -2.03. The van der Waals surface area contributed by atoms with Crippen LogP contribution in [-0.2, 0) is 14.4 Å². The van der Waals surface area contributed by atoms with Crippen molar-refractivity contribution in [2.75, 3.05) is 16.8 Å². The Morgan fingerprint density at radius 2 is 2.05 bits per heavy atom. The molecule has 0 unspecified atom stereocenters. The summed E-state index contributed by atoms with van der Waals surface area (Å²) in [5, 5.41) is 17.8. The number of aryl methyl sites for hydroxylation is 1. The molecule has 1 fully saturated rings. The lowest BCUT2D eigenvalue weighted by atomic mass is 9.77. The van der Waals surface area contributed by atoms with Crippen LogP contribution in [0.4, 0.5) is 5.82 Å². The van der Waals surface area contributed by atoms with Crippen LogP contribution < -0.4 is 10.6 Å². The number of carbonyl (C=O) groups is 3. The Balaban J connectivity index is 1.68. The van der Waals surface area contributed by atoms with E-state index in [1.165, 1.54) is 0 Å². The Kier molecular flexibility index (Phi) is 5.07. The second-order valence-electron chi connectivity index (χ2n) is 5.15. The summed E-state index contributed by atoms with van der Waals surface area (Å²) in [6, 6.07) is 1.59. The number of nitrogens with zero attached hydrogens (tertiary/aromatic N) is 1. The number of hydrogen-bond donors (Lipinski definition) is 3. The van der Waals surface area contributed by atoms with Gasteiger partial charge in [0.25, 0.3) is 0 Å². The van der Waals surface area contributed by atoms with Crippen LogP contribution in [0.25, 0.3) is 0 Å². The molecule has 1 saturated carbocycles. The van der Waals surface area contributed by atoms with Gasteiger partial charge >= 0.3 is 5.97 Å². The molecule has 3 N–H and O–H groups in total. The third kappa shape index (κ3) is 4.00. The lowest BCUT2D eigenvalue weighted by molar-refractivity contribution is -0.151. The molecule has 1 heterocycles. The molecule has 1 aliphatic carbocycles. The van der Waals surface area contributed by atoms with Crippen LogP contribution in [-0.4, -0.2) is 45.1 Å². The summed E-state index contributed by atoms with van der Waals surface area (Å²) in [7, 11) is 0. The van der Waals surface area contributed by atoms with Gasteiger partial charge in [-0.25, -0.2) is 4.79 Å². The van der Waals surface area contributed by atoms with Crippen molar-refractivity contribution in [3.63, 3.8) is 0 Å². The maximum absolute atomic E-state index is 11.7. The molecule has 120 valence electrons. The number of amides is 2. The van der Waals surface area contributed by atoms with Gasteiger partial charge in [0.15, 0.2) is 5.82 Å². The number of thioether (sulfide) groups is 1. The van der Waals surface area contributed by atoms with Gasteiger partial charge in [-0.15, -0.1) is 11.8 Å². The molecule has 0 spiro atoms. The molecule has 1 aliphatic rings. The van der Waals surface area contributed by atoms with Crippen LogP contribution in [0.5, 0.6) is 0 Å². The zero-order chi connectivity index (χ0) is 16.2. The highest BCUT2D eigenvalue weighted by Crippen LogP contribution is 2.32. The van der Waals surface area contributed by atoms with Gasteiger partial charge in [-0.05, 0) is 26.2 Å². The minimum atomic E-state index is -1.11. The van der Waals surface area contributed by atoms with Crippen molar-refractivity contribution < 1.29 is 24.0 Å². The van der Waals surface area contributed by atoms with Crippen molar-refractivity contribution >= 4 is 35.4 Å². The third-order valence-electron chi connectivity index (χ3n) is 3.36. The van der Waals surface area contributed by atoms with Crippen LogP contribution in [0.1, 0.15) is 25.0 Å². The molecule has 2 rings (SSSR count). The summed E-state index contributed by atoms with van der Waals surface area (Å²) in [4.78, 5) is 34.5. The van der Waals surface area contributed by atoms with Gasteiger partial charge in [0.2, 0.25) is 11.8 Å². The summed E-state index contributed by atoms with van der Waals surface area (Å²) < 4.78 is 4.81. The Bertz CT molecular complexity index is 582. The van der Waals surface area contributed by atoms with Crippen LogP contribution in [0.2, 0.25) is 0 Å². The van der Waals surface area contributed by atoms with Gasteiger partial charge in [-0.1, -0.05) is 5.16 Å². The molecule has 0 aromatic carbocycles. The predicted molar refractivity (Wildman–Crippen MR) is 79.6 cm³/mol. The van der Waals surface area contributed by atoms with E-state index in [0.29, 0.717) is 24.4 Å². The number of carboxylic acids is 1. The van der Waals surface area contributed by atoms with Gasteiger partial charge in [0.1, 0.15) is 11.3 Å². The molecule has 0 saturated heterocycles. The first-order valence-corrected chi connectivity index (χ1v) is 7.92. The molecule has 0 aliphatic heterocycles. The summed E-state index contributed by atoms with van der Waals surface area (Å²) in [6.45, 7) is 1.71. The van der Waals surface area contributed by atoms with Gasteiger partial charge < -0.3 is 20.3 Å². The van der Waals surface area contributed by atoms with Crippen molar-refractivity contribution in [2.24, 2.45) is 0 Å². The van der Waals surface area contributed by atoms with E-state index in [1.807, 2.05) is 0 Å². The topological polar surface area (TPSA) is 122 Å². The molecular formula is C13H17N3O5S. The van der Waals surface area contributed by atoms with Gasteiger partial charge in [-0.2, -0.15) is 0 Å². The smallest absolute Gasteiger partial charge is 0.329 e. The first-order chi connectivity index (χ1) is 10.4. The van der Waals surface area contributed by atoms with E-state index < -0.39 is 11.5 Å². The van der Waals surface area contributed by atoms with E-state index in [2.05, 4.69) is 15.8 Å². The van der Waals surface area contributed by atoms with Gasteiger partial charge in [-0.3, -0.25) is 9.59 Å². The second-order valence-corrected chi connectivity index (χ2v) is 6.14. The molecule has 0 radical (unpaired) electrons. The highest BCUT2D eigenvalue weighted by atomic mass is 32.2. The summed E-state index contributed by atoms with van der Waals surface area (Å²) in [5.41, 5.74) is -1.11. The van der Waals surface area contributed by atoms with E-state index in [4.69, 9.17) is 9.63 Å². The fourth-order valence-electron chi connectivity index (χ4n) is 2.07. The fraction of sp³-hybridized carbons (Fsp3) is 0.538. The SMILES string of the molecule is Cc1cc(NC(=O)CSCC(=O)NC2(C(=O)O)CCC2)no1. The zero-order valence-corrected chi connectivity index (χ0v) is 12.9. The molecule has 2 amide bonds. The molecule has 8 nitrogen and oxygen atoms in total. The summed E-state index contributed by atoms with van der Waals surface area (Å²) >= 11 is 1.11. The van der Waals surface area contributed by atoms with Crippen molar-refractivity contribution in [3.8, 4) is 0 Å². The quantitative estimate of drug-likeness (QED) is 0.676. The molecule has 22 heavy (non-hydrogen) atoms. The number of carboxylic acid groups (broad SMARTS) is 1. The standard InChI is InChI=1S/C13H17N3O5S/c1-8-5-9(16-21-8)14-10(17)6-22-7-11(18)15-13(12(19)20)3-2-4-13/h5H,2-4,6-7H2,1H3,(H,15,18)(H,19,20)(H,14,16,17). The first-order valence-electron chi connectivity index (χ1n) is 6.77. The maximum Gasteiger partial charge on any atom is 0.329 e. The number of aliphatic carboxylic acids is 1. The largest absolute Gasteiger partial charge is 0.480 e. The van der Waals surface area contributed by atoms with E-state index >= 15 is 0 Å². The highest BCUT2D eigenvalue weighted by molar-refractivity contribution is 8.00. The number of nitrogens with one attached hydrogen (secondary N) is 2. The Labute approximate surface area is 131 Å². The molecule has 0 bridgehead atoms. The second kappa shape index (κ2) is 6.82. The average Bonchev–Trinajstić information content (AvgIpc) is 2.78. The molecule has 1 aromatic rings. The molecular weight excluding hydrogens is 310 g/mol. The van der Waals surface area contributed by atoms with Crippen molar-refractivity contribution in [1.82, 2.24) is 10.5 Å². The number of hydrogen-bond acceptors (Lipinski definition) is 6. The fourth-order valence-corrected chi connectivity index (χ4v) is 2.68. The molecule has 9 heteroatoms. The molecule has 0 atom stereocenters. The Morgan fingerprint density at radius 1 is 1.36 bits per heavy atom. The van der Waals surface area contributed by atoms with E-state index in [0.717, 1.165) is 18.2 Å². The first kappa shape index (κ1) is 16.3. The lowest BCUT2D eigenvalue weighted by Crippen LogP contribution is -2.59. The average molecular weight is 327 g/mol. The summed E-state index contributed by atoms with van der Waals surface area (Å²) in [6.07, 6.45) is 1.69. The van der Waals surface area contributed by atoms with E-state index in [1.54, 1.807) is 13.0 Å². The maximum atomic E-state index is 11.7. The lowest BCUT2D eigenvalue weighted by Gasteiger charge is -2.38. The van der Waals surface area contributed by atoms with Crippen molar-refractivity contribution in [1.29, 1.82) is 0 Å². The summed E-state index contributed by atoms with van der Waals surface area (Å²) in [5.74, 6) is -0.676. The van der Waals surface area contributed by atoms with Gasteiger partial charge in [0.05, 0.1) is 11.5 Å². The molecule has 1 aromatic heterocycles. The predicted octanol–water partition coefficient (Wildman–Crippen LogP) is 0.778. The number of aromatic nitrogens is 1. The van der Waals surface area contributed by atoms with Crippen molar-refractivity contribution in [3.05, 3.63) is 11.8 Å². The van der Waals surface area contributed by atoms with Crippen LogP contribution in [0.3, 0.4) is 0 Å². The van der Waals surface area contributed by atoms with Gasteiger partial charge in [0, 0.05) is 6.07 Å². The normalized spacial score (nSPS) is 15.7. The van der Waals surface area contributed by atoms with E-state index in [9.17, 15) is 14.4 Å². The third-order valence-corrected chi connectivity index (χ3v) is 4.29. The number of anilines is 1. The number of rotatable bonds is 7. The van der Waals surface area contributed by atoms with Crippen LogP contribution in [0.15, 0.2) is 10.6 Å². The van der Waals surface area contributed by atoms with Crippen LogP contribution >= 0.6 is 11.8 Å². The highest BCUT2D eigenvalue weighted by Gasteiger charge is 2.45. The monoisotopic (exact) mass is 327 g/mol. The minimum absolute atomic E-state index is 0.0281. The minimum Gasteiger partial charge on any atom is -0.480 e. The number of carbonyl (C=O) groups excluding carboxylic acids is 2. The Morgan fingerprint density at radius 3 is 2.55 bits per heavy atom. The van der Waals surface area contributed by atoms with E-state index in [-0.39, 0.29) is 23.3 Å². The van der Waals surface area contributed by atoms with Crippen molar-refractivity contribution in [2.45, 2.75) is 31.7 Å². The zero-order valence-electron chi connectivity index (χ0n) is 12.0.